The van der Waals surface area contributed by atoms with E-state index in [1.54, 1.807) is 0 Å². The second-order valence-corrected chi connectivity index (χ2v) is 5.04. The second-order valence-electron chi connectivity index (χ2n) is 4.05. The molecule has 0 saturated carbocycles. The van der Waals surface area contributed by atoms with E-state index in [1.165, 1.54) is 12.2 Å². The summed E-state index contributed by atoms with van der Waals surface area (Å²) in [5, 5.41) is 3.42. The largest absolute Gasteiger partial charge is 0.316 e. The molecule has 0 aliphatic heterocycles. The molecule has 0 aromatic heterocycles. The second kappa shape index (κ2) is 5.90. The molecule has 0 atom stereocenters. The Labute approximate surface area is 75.3 Å². The summed E-state index contributed by atoms with van der Waals surface area (Å²) in [5.41, 5.74) is 0.479. The lowest BCUT2D eigenvalue weighted by Crippen LogP contribution is -2.22. The summed E-state index contributed by atoms with van der Waals surface area (Å²) in [6.07, 6.45) is 3.41. The van der Waals surface area contributed by atoms with Crippen molar-refractivity contribution in [3.63, 3.8) is 0 Å². The molecule has 0 aromatic rings. The minimum Gasteiger partial charge on any atom is -0.316 e. The zero-order valence-electron chi connectivity index (χ0n) is 8.24. The van der Waals surface area contributed by atoms with E-state index >= 15 is 0 Å². The molecule has 0 heterocycles. The minimum absolute atomic E-state index is 0.479. The summed E-state index contributed by atoms with van der Waals surface area (Å²) in [7, 11) is 0. The molecule has 2 heteroatoms. The molecule has 0 unspecified atom stereocenters. The number of hydrogen-bond acceptors (Lipinski definition) is 2. The quantitative estimate of drug-likeness (QED) is 0.644. The lowest BCUT2D eigenvalue weighted by atomic mass is 9.92. The van der Waals surface area contributed by atoms with Crippen molar-refractivity contribution in [3.8, 4) is 0 Å². The first-order valence-corrected chi connectivity index (χ1v) is 5.65. The maximum Gasteiger partial charge on any atom is 0.00553 e. The van der Waals surface area contributed by atoms with Gasteiger partial charge in [-0.1, -0.05) is 20.8 Å². The van der Waals surface area contributed by atoms with Crippen LogP contribution >= 0.6 is 11.8 Å². The van der Waals surface area contributed by atoms with Crippen LogP contribution in [0.15, 0.2) is 0 Å². The van der Waals surface area contributed by atoms with Crippen molar-refractivity contribution in [2.45, 2.75) is 27.2 Å². The van der Waals surface area contributed by atoms with Crippen molar-refractivity contribution in [2.24, 2.45) is 5.41 Å². The van der Waals surface area contributed by atoms with Crippen LogP contribution in [0.1, 0.15) is 27.2 Å². The third-order valence-corrected chi connectivity index (χ3v) is 2.15. The third-order valence-electron chi connectivity index (χ3n) is 1.53. The van der Waals surface area contributed by atoms with Gasteiger partial charge in [0.15, 0.2) is 0 Å². The molecule has 11 heavy (non-hydrogen) atoms. The van der Waals surface area contributed by atoms with Crippen LogP contribution in [0, 0.1) is 5.41 Å². The fourth-order valence-electron chi connectivity index (χ4n) is 0.763. The average Bonchev–Trinajstić information content (AvgIpc) is 1.85. The molecule has 0 aromatic carbocycles. The summed E-state index contributed by atoms with van der Waals surface area (Å²) in [4.78, 5) is 0. The Bertz CT molecular complexity index is 86.1. The molecule has 68 valence electrons. The van der Waals surface area contributed by atoms with E-state index in [1.807, 2.05) is 11.8 Å². The van der Waals surface area contributed by atoms with Crippen LogP contribution in [0.3, 0.4) is 0 Å². The van der Waals surface area contributed by atoms with E-state index in [4.69, 9.17) is 0 Å². The van der Waals surface area contributed by atoms with Gasteiger partial charge >= 0.3 is 0 Å². The molecule has 0 aliphatic carbocycles. The SMILES string of the molecule is CSCCNCCC(C)(C)C. The Balaban J connectivity index is 3.02. The number of thioether (sulfide) groups is 1. The van der Waals surface area contributed by atoms with Gasteiger partial charge in [0.05, 0.1) is 0 Å². The third kappa shape index (κ3) is 10.3. The summed E-state index contributed by atoms with van der Waals surface area (Å²) >= 11 is 1.90. The van der Waals surface area contributed by atoms with E-state index in [2.05, 4.69) is 32.3 Å². The molecular formula is C9H21NS. The van der Waals surface area contributed by atoms with Gasteiger partial charge in [0.1, 0.15) is 0 Å². The highest BCUT2D eigenvalue weighted by Gasteiger charge is 2.07. The van der Waals surface area contributed by atoms with E-state index in [0.717, 1.165) is 13.1 Å². The molecule has 1 N–H and O–H groups in total. The molecule has 0 radical (unpaired) electrons. The Morgan fingerprint density at radius 1 is 1.18 bits per heavy atom. The van der Waals surface area contributed by atoms with Crippen LogP contribution in [0.4, 0.5) is 0 Å². The van der Waals surface area contributed by atoms with Gasteiger partial charge in [0.25, 0.3) is 0 Å². The fourth-order valence-corrected chi connectivity index (χ4v) is 1.11. The number of nitrogens with one attached hydrogen (secondary N) is 1. The Morgan fingerprint density at radius 3 is 2.27 bits per heavy atom. The first-order chi connectivity index (χ1) is 5.06. The maximum absolute atomic E-state index is 3.42. The van der Waals surface area contributed by atoms with E-state index in [9.17, 15) is 0 Å². The topological polar surface area (TPSA) is 12.0 Å². The minimum atomic E-state index is 0.479. The van der Waals surface area contributed by atoms with Crippen LogP contribution in [-0.2, 0) is 0 Å². The first-order valence-electron chi connectivity index (χ1n) is 4.26. The van der Waals surface area contributed by atoms with E-state index in [-0.39, 0.29) is 0 Å². The van der Waals surface area contributed by atoms with Gasteiger partial charge in [0.2, 0.25) is 0 Å². The van der Waals surface area contributed by atoms with Crippen LogP contribution in [0.25, 0.3) is 0 Å². The zero-order valence-corrected chi connectivity index (χ0v) is 9.05. The highest BCUT2D eigenvalue weighted by Crippen LogP contribution is 2.16. The van der Waals surface area contributed by atoms with Gasteiger partial charge in [-0.05, 0) is 24.6 Å². The molecule has 0 aliphatic rings. The highest BCUT2D eigenvalue weighted by atomic mass is 32.2. The van der Waals surface area contributed by atoms with Gasteiger partial charge in [-0.25, -0.2) is 0 Å². The molecule has 0 rings (SSSR count). The van der Waals surface area contributed by atoms with Crippen molar-refractivity contribution in [1.29, 1.82) is 0 Å². The fraction of sp³-hybridized carbons (Fsp3) is 1.00. The van der Waals surface area contributed by atoms with Gasteiger partial charge < -0.3 is 5.32 Å². The van der Waals surface area contributed by atoms with Crippen molar-refractivity contribution in [3.05, 3.63) is 0 Å². The van der Waals surface area contributed by atoms with Crippen molar-refractivity contribution < 1.29 is 0 Å². The zero-order chi connectivity index (χ0) is 8.74. The van der Waals surface area contributed by atoms with Crippen molar-refractivity contribution in [1.82, 2.24) is 5.32 Å². The highest BCUT2D eigenvalue weighted by molar-refractivity contribution is 7.98. The van der Waals surface area contributed by atoms with Crippen molar-refractivity contribution in [2.75, 3.05) is 25.1 Å². The summed E-state index contributed by atoms with van der Waals surface area (Å²) < 4.78 is 0. The van der Waals surface area contributed by atoms with Crippen LogP contribution < -0.4 is 5.32 Å². The lowest BCUT2D eigenvalue weighted by Gasteiger charge is -2.17. The molecule has 0 bridgehead atoms. The number of rotatable bonds is 5. The summed E-state index contributed by atoms with van der Waals surface area (Å²) in [6, 6.07) is 0. The monoisotopic (exact) mass is 175 g/mol. The van der Waals surface area contributed by atoms with Gasteiger partial charge in [-0.3, -0.25) is 0 Å². The normalized spacial score (nSPS) is 12.0. The van der Waals surface area contributed by atoms with Gasteiger partial charge in [0, 0.05) is 12.3 Å². The Morgan fingerprint density at radius 2 is 1.82 bits per heavy atom. The van der Waals surface area contributed by atoms with Crippen LogP contribution in [-0.4, -0.2) is 25.1 Å². The Hall–Kier alpha value is 0.310. The number of hydrogen-bond donors (Lipinski definition) is 1. The standard InChI is InChI=1S/C9H21NS/c1-9(2,3)5-6-10-7-8-11-4/h10H,5-8H2,1-4H3. The van der Waals surface area contributed by atoms with Crippen molar-refractivity contribution >= 4 is 11.8 Å². The van der Waals surface area contributed by atoms with Gasteiger partial charge in [-0.15, -0.1) is 0 Å². The lowest BCUT2D eigenvalue weighted by molar-refractivity contribution is 0.369. The molecule has 0 amide bonds. The molecule has 0 spiro atoms. The first kappa shape index (κ1) is 11.3. The predicted octanol–water partition coefficient (Wildman–Crippen LogP) is 2.38. The molecular weight excluding hydrogens is 154 g/mol. The molecule has 1 nitrogen and oxygen atoms in total. The molecule has 0 fully saturated rings. The van der Waals surface area contributed by atoms with Crippen LogP contribution in [0.5, 0.6) is 0 Å². The van der Waals surface area contributed by atoms with Gasteiger partial charge in [-0.2, -0.15) is 11.8 Å². The predicted molar refractivity (Wildman–Crippen MR) is 55.3 cm³/mol. The summed E-state index contributed by atoms with van der Waals surface area (Å²) in [5.74, 6) is 1.23. The smallest absolute Gasteiger partial charge is 0.00553 e. The Kier molecular flexibility index (Phi) is 6.06. The maximum atomic E-state index is 3.42. The van der Waals surface area contributed by atoms with E-state index in [0.29, 0.717) is 5.41 Å². The average molecular weight is 175 g/mol. The molecule has 0 saturated heterocycles. The van der Waals surface area contributed by atoms with E-state index < -0.39 is 0 Å². The summed E-state index contributed by atoms with van der Waals surface area (Å²) in [6.45, 7) is 9.15. The van der Waals surface area contributed by atoms with Crippen LogP contribution in [0.2, 0.25) is 0 Å².